The number of nitrogens with one attached hydrogen (secondary N) is 2. The van der Waals surface area contributed by atoms with Crippen molar-refractivity contribution in [1.29, 1.82) is 0 Å². The lowest BCUT2D eigenvalue weighted by Crippen LogP contribution is -2.55. The summed E-state index contributed by atoms with van der Waals surface area (Å²) in [5.41, 5.74) is 0.604. The third-order valence-electron chi connectivity index (χ3n) is 4.14. The van der Waals surface area contributed by atoms with Gasteiger partial charge in [-0.05, 0) is 30.1 Å². The van der Waals surface area contributed by atoms with Gasteiger partial charge in [0.1, 0.15) is 6.04 Å². The lowest BCUT2D eigenvalue weighted by atomic mass is 9.63. The van der Waals surface area contributed by atoms with Crippen LogP contribution in [-0.4, -0.2) is 37.7 Å². The highest BCUT2D eigenvalue weighted by Gasteiger charge is 2.39. The first kappa shape index (κ1) is 14.8. The van der Waals surface area contributed by atoms with Crippen LogP contribution in [0.3, 0.4) is 0 Å². The van der Waals surface area contributed by atoms with Gasteiger partial charge < -0.3 is 15.4 Å². The van der Waals surface area contributed by atoms with Gasteiger partial charge in [-0.25, -0.2) is 0 Å². The van der Waals surface area contributed by atoms with Crippen LogP contribution in [0.5, 0.6) is 0 Å². The molecule has 1 heterocycles. The molecular formula is C15H28N2O2. The third kappa shape index (κ3) is 4.18. The van der Waals surface area contributed by atoms with Crippen molar-refractivity contribution in [3.8, 4) is 0 Å². The summed E-state index contributed by atoms with van der Waals surface area (Å²) in [6.45, 7) is 11.2. The summed E-state index contributed by atoms with van der Waals surface area (Å²) in [5.74, 6) is 0.0956. The van der Waals surface area contributed by atoms with E-state index in [1.165, 1.54) is 6.42 Å². The number of morpholine rings is 1. The van der Waals surface area contributed by atoms with Gasteiger partial charge in [-0.1, -0.05) is 27.7 Å². The fourth-order valence-electron chi connectivity index (χ4n) is 3.98. The lowest BCUT2D eigenvalue weighted by Gasteiger charge is -2.45. The minimum atomic E-state index is -0.179. The number of carbonyl (C=O) groups excluding carboxylic acids is 1. The minimum absolute atomic E-state index is 0.0956. The Kier molecular flexibility index (Phi) is 4.21. The molecule has 2 aliphatic rings. The van der Waals surface area contributed by atoms with Gasteiger partial charge in [-0.15, -0.1) is 0 Å². The van der Waals surface area contributed by atoms with Gasteiger partial charge in [0.05, 0.1) is 13.2 Å². The Balaban J connectivity index is 1.92. The summed E-state index contributed by atoms with van der Waals surface area (Å²) in [6, 6.07) is 0.108. The highest BCUT2D eigenvalue weighted by molar-refractivity contribution is 5.82. The molecule has 1 aliphatic carbocycles. The van der Waals surface area contributed by atoms with Crippen LogP contribution in [0.2, 0.25) is 0 Å². The maximum atomic E-state index is 12.2. The molecule has 1 unspecified atom stereocenters. The van der Waals surface area contributed by atoms with Crippen molar-refractivity contribution in [2.45, 2.75) is 59.0 Å². The van der Waals surface area contributed by atoms with Crippen molar-refractivity contribution in [3.05, 3.63) is 0 Å². The monoisotopic (exact) mass is 268 g/mol. The molecule has 0 spiro atoms. The van der Waals surface area contributed by atoms with Gasteiger partial charge in [0.15, 0.2) is 0 Å². The molecule has 4 heteroatoms. The summed E-state index contributed by atoms with van der Waals surface area (Å²) in [4.78, 5) is 12.2. The average molecular weight is 268 g/mol. The predicted octanol–water partition coefficient (Wildman–Crippen LogP) is 1.70. The van der Waals surface area contributed by atoms with Crippen LogP contribution in [0, 0.1) is 10.8 Å². The van der Waals surface area contributed by atoms with Crippen LogP contribution in [0.4, 0.5) is 0 Å². The zero-order valence-corrected chi connectivity index (χ0v) is 12.7. The van der Waals surface area contributed by atoms with Crippen LogP contribution in [0.1, 0.15) is 47.0 Å². The smallest absolute Gasteiger partial charge is 0.239 e. The predicted molar refractivity (Wildman–Crippen MR) is 76.0 cm³/mol. The topological polar surface area (TPSA) is 50.4 Å². The van der Waals surface area contributed by atoms with Crippen molar-refractivity contribution >= 4 is 5.91 Å². The van der Waals surface area contributed by atoms with Crippen molar-refractivity contribution in [1.82, 2.24) is 10.6 Å². The van der Waals surface area contributed by atoms with Crippen molar-refractivity contribution in [2.75, 3.05) is 19.8 Å². The molecule has 0 aromatic heterocycles. The van der Waals surface area contributed by atoms with E-state index in [2.05, 4.69) is 38.3 Å². The van der Waals surface area contributed by atoms with Crippen LogP contribution in [0.15, 0.2) is 0 Å². The first-order valence-electron chi connectivity index (χ1n) is 7.39. The van der Waals surface area contributed by atoms with Gasteiger partial charge in [0.25, 0.3) is 0 Å². The molecule has 0 bridgehead atoms. The van der Waals surface area contributed by atoms with Crippen molar-refractivity contribution in [2.24, 2.45) is 10.8 Å². The first-order valence-corrected chi connectivity index (χ1v) is 7.39. The van der Waals surface area contributed by atoms with Crippen molar-refractivity contribution in [3.63, 3.8) is 0 Å². The minimum Gasteiger partial charge on any atom is -0.378 e. The van der Waals surface area contributed by atoms with Gasteiger partial charge >= 0.3 is 0 Å². The van der Waals surface area contributed by atoms with Gasteiger partial charge in [-0.3, -0.25) is 4.79 Å². The van der Waals surface area contributed by atoms with E-state index in [1.54, 1.807) is 0 Å². The molecule has 2 fully saturated rings. The van der Waals surface area contributed by atoms with Crippen LogP contribution in [-0.2, 0) is 9.53 Å². The second-order valence-electron chi connectivity index (χ2n) is 7.70. The van der Waals surface area contributed by atoms with E-state index >= 15 is 0 Å². The Morgan fingerprint density at radius 1 is 1.21 bits per heavy atom. The molecule has 1 atom stereocenters. The Morgan fingerprint density at radius 2 is 1.84 bits per heavy atom. The molecule has 2 N–H and O–H groups in total. The maximum absolute atomic E-state index is 12.2. The fourth-order valence-corrected chi connectivity index (χ4v) is 3.98. The zero-order chi connectivity index (χ0) is 14.1. The summed E-state index contributed by atoms with van der Waals surface area (Å²) in [5, 5.41) is 6.43. The molecule has 0 aromatic carbocycles. The second kappa shape index (κ2) is 5.41. The number of hydrogen-bond donors (Lipinski definition) is 2. The van der Waals surface area contributed by atoms with Gasteiger partial charge in [0.2, 0.25) is 5.91 Å². The van der Waals surface area contributed by atoms with Crippen LogP contribution >= 0.6 is 0 Å². The quantitative estimate of drug-likeness (QED) is 0.801. The number of ether oxygens (including phenoxy) is 1. The Hall–Kier alpha value is -0.610. The van der Waals surface area contributed by atoms with E-state index in [9.17, 15) is 4.79 Å². The molecule has 19 heavy (non-hydrogen) atoms. The number of amides is 1. The molecule has 1 aliphatic heterocycles. The van der Waals surface area contributed by atoms with E-state index in [4.69, 9.17) is 4.74 Å². The largest absolute Gasteiger partial charge is 0.378 e. The van der Waals surface area contributed by atoms with Crippen LogP contribution < -0.4 is 10.6 Å². The van der Waals surface area contributed by atoms with Gasteiger partial charge in [0, 0.05) is 12.6 Å². The molecule has 110 valence electrons. The van der Waals surface area contributed by atoms with E-state index in [0.717, 1.165) is 19.4 Å². The number of rotatable bonds is 2. The normalized spacial score (nSPS) is 30.8. The molecule has 0 aromatic rings. The maximum Gasteiger partial charge on any atom is 0.239 e. The zero-order valence-electron chi connectivity index (χ0n) is 12.7. The average Bonchev–Trinajstić information content (AvgIpc) is 2.25. The first-order chi connectivity index (χ1) is 8.77. The van der Waals surface area contributed by atoms with Crippen molar-refractivity contribution < 1.29 is 9.53 Å². The number of hydrogen-bond acceptors (Lipinski definition) is 3. The van der Waals surface area contributed by atoms with E-state index in [1.807, 2.05) is 0 Å². The van der Waals surface area contributed by atoms with E-state index in [0.29, 0.717) is 24.0 Å². The van der Waals surface area contributed by atoms with Crippen LogP contribution in [0.25, 0.3) is 0 Å². The standard InChI is InChI=1S/C15H28N2O2/c1-14(2)7-11(8-15(3,4)10-14)17-13(18)12-9-19-6-5-16-12/h11-12,16H,5-10H2,1-4H3,(H,17,18). The summed E-state index contributed by atoms with van der Waals surface area (Å²) in [7, 11) is 0. The summed E-state index contributed by atoms with van der Waals surface area (Å²) in [6.07, 6.45) is 3.35. The summed E-state index contributed by atoms with van der Waals surface area (Å²) >= 11 is 0. The Labute approximate surface area is 116 Å². The second-order valence-corrected chi connectivity index (χ2v) is 7.70. The lowest BCUT2D eigenvalue weighted by molar-refractivity contribution is -0.127. The Bertz CT molecular complexity index is 317. The fraction of sp³-hybridized carbons (Fsp3) is 0.933. The van der Waals surface area contributed by atoms with E-state index < -0.39 is 0 Å². The molecule has 1 amide bonds. The van der Waals surface area contributed by atoms with Gasteiger partial charge in [-0.2, -0.15) is 0 Å². The SMILES string of the molecule is CC1(C)CC(NC(=O)C2COCCN2)CC(C)(C)C1. The number of carbonyl (C=O) groups is 1. The molecule has 4 nitrogen and oxygen atoms in total. The molecule has 0 radical (unpaired) electrons. The molecular weight excluding hydrogens is 240 g/mol. The molecule has 1 saturated carbocycles. The highest BCUT2D eigenvalue weighted by Crippen LogP contribution is 2.45. The Morgan fingerprint density at radius 3 is 2.37 bits per heavy atom. The molecule has 2 rings (SSSR count). The highest BCUT2D eigenvalue weighted by atomic mass is 16.5. The summed E-state index contributed by atoms with van der Waals surface area (Å²) < 4.78 is 5.35. The third-order valence-corrected chi connectivity index (χ3v) is 4.14. The molecule has 1 saturated heterocycles. The van der Waals surface area contributed by atoms with E-state index in [-0.39, 0.29) is 18.0 Å².